The van der Waals surface area contributed by atoms with Crippen LogP contribution in [0.15, 0.2) is 0 Å². The van der Waals surface area contributed by atoms with E-state index in [1.807, 2.05) is 0 Å². The van der Waals surface area contributed by atoms with Gasteiger partial charge in [0, 0.05) is 12.8 Å². The van der Waals surface area contributed by atoms with Crippen molar-refractivity contribution in [3.8, 4) is 0 Å². The second kappa shape index (κ2) is 67.2. The number of ether oxygens (including phenoxy) is 2. The van der Waals surface area contributed by atoms with Crippen LogP contribution in [0.4, 0.5) is 0 Å². The fourth-order valence-corrected chi connectivity index (χ4v) is 11.4. The average molecular weight is 1060 g/mol. The molecular formula is C70H138O5. The first kappa shape index (κ1) is 73.9. The molecule has 0 aromatic carbocycles. The molecule has 0 bridgehead atoms. The molecule has 0 amide bonds. The molecule has 0 saturated heterocycles. The Morgan fingerprint density at radius 2 is 0.413 bits per heavy atom. The number of rotatable bonds is 67. The van der Waals surface area contributed by atoms with Crippen molar-refractivity contribution in [2.24, 2.45) is 0 Å². The number of unbranched alkanes of at least 4 members (excludes halogenated alkanes) is 59. The Bertz CT molecular complexity index is 1060. The van der Waals surface area contributed by atoms with E-state index >= 15 is 0 Å². The summed E-state index contributed by atoms with van der Waals surface area (Å²) in [6.07, 6.45) is 84.4. The van der Waals surface area contributed by atoms with Crippen molar-refractivity contribution in [3.05, 3.63) is 0 Å². The van der Waals surface area contributed by atoms with Crippen molar-refractivity contribution >= 4 is 11.9 Å². The van der Waals surface area contributed by atoms with Crippen molar-refractivity contribution in [1.82, 2.24) is 0 Å². The fourth-order valence-electron chi connectivity index (χ4n) is 11.4. The van der Waals surface area contributed by atoms with Gasteiger partial charge < -0.3 is 14.6 Å². The fraction of sp³-hybridized carbons (Fsp3) is 0.971. The highest BCUT2D eigenvalue weighted by Crippen LogP contribution is 2.20. The van der Waals surface area contributed by atoms with Gasteiger partial charge in [0.1, 0.15) is 6.61 Å². The van der Waals surface area contributed by atoms with Gasteiger partial charge in [0.25, 0.3) is 0 Å². The van der Waals surface area contributed by atoms with Gasteiger partial charge in [-0.25, -0.2) is 0 Å². The highest BCUT2D eigenvalue weighted by molar-refractivity contribution is 5.70. The predicted octanol–water partition coefficient (Wildman–Crippen LogP) is 24.0. The zero-order valence-corrected chi connectivity index (χ0v) is 51.6. The van der Waals surface area contributed by atoms with E-state index in [0.717, 1.165) is 32.1 Å². The van der Waals surface area contributed by atoms with Crippen LogP contribution in [0, 0.1) is 0 Å². The van der Waals surface area contributed by atoms with Gasteiger partial charge in [0.15, 0.2) is 6.10 Å². The van der Waals surface area contributed by atoms with Gasteiger partial charge >= 0.3 is 11.9 Å². The number of esters is 2. The lowest BCUT2D eigenvalue weighted by atomic mass is 10.0. The van der Waals surface area contributed by atoms with Crippen LogP contribution < -0.4 is 0 Å². The Morgan fingerprint density at radius 1 is 0.253 bits per heavy atom. The van der Waals surface area contributed by atoms with Crippen LogP contribution in [-0.2, 0) is 19.1 Å². The molecule has 5 heteroatoms. The van der Waals surface area contributed by atoms with Crippen molar-refractivity contribution in [1.29, 1.82) is 0 Å². The minimum atomic E-state index is -0.765. The van der Waals surface area contributed by atoms with E-state index in [0.29, 0.717) is 12.8 Å². The third kappa shape index (κ3) is 65.3. The molecular weight excluding hydrogens is 921 g/mol. The molecule has 0 aromatic rings. The number of carbonyl (C=O) groups is 2. The summed E-state index contributed by atoms with van der Waals surface area (Å²) in [5, 5.41) is 9.69. The predicted molar refractivity (Wildman–Crippen MR) is 330 cm³/mol. The molecule has 0 saturated carbocycles. The standard InChI is InChI=1S/C70H138O5/c1-3-5-7-9-11-13-15-17-19-21-23-25-27-29-30-31-32-33-34-35-36-37-38-39-40-41-43-45-47-49-51-53-55-57-59-61-63-65-70(73)75-68(66-71)67-74-69(72)64-62-60-58-56-54-52-50-48-46-44-42-28-26-24-22-20-18-16-14-12-10-8-6-4-2/h68,71H,3-67H2,1-2H3. The number of aliphatic hydroxyl groups is 1. The zero-order valence-electron chi connectivity index (χ0n) is 51.6. The first-order valence-corrected chi connectivity index (χ1v) is 35.1. The summed E-state index contributed by atoms with van der Waals surface area (Å²) in [5.41, 5.74) is 0. The molecule has 448 valence electrons. The lowest BCUT2D eigenvalue weighted by Crippen LogP contribution is -2.28. The van der Waals surface area contributed by atoms with E-state index in [4.69, 9.17) is 9.47 Å². The summed E-state index contributed by atoms with van der Waals surface area (Å²) in [5.74, 6) is -0.559. The summed E-state index contributed by atoms with van der Waals surface area (Å²) < 4.78 is 10.8. The number of hydrogen-bond acceptors (Lipinski definition) is 5. The molecule has 0 rings (SSSR count). The molecule has 0 aromatic heterocycles. The summed E-state index contributed by atoms with van der Waals surface area (Å²) in [6, 6.07) is 0. The van der Waals surface area contributed by atoms with E-state index in [1.165, 1.54) is 360 Å². The van der Waals surface area contributed by atoms with E-state index in [1.54, 1.807) is 0 Å². The number of carbonyl (C=O) groups excluding carboxylic acids is 2. The van der Waals surface area contributed by atoms with Gasteiger partial charge in [0.2, 0.25) is 0 Å². The van der Waals surface area contributed by atoms with Gasteiger partial charge in [-0.15, -0.1) is 0 Å². The number of hydrogen-bond donors (Lipinski definition) is 1. The third-order valence-corrected chi connectivity index (χ3v) is 16.7. The smallest absolute Gasteiger partial charge is 0.306 e. The van der Waals surface area contributed by atoms with Gasteiger partial charge in [-0.2, -0.15) is 0 Å². The summed E-state index contributed by atoms with van der Waals surface area (Å²) in [4.78, 5) is 24.6. The van der Waals surface area contributed by atoms with Crippen molar-refractivity contribution < 1.29 is 24.2 Å². The van der Waals surface area contributed by atoms with Crippen molar-refractivity contribution in [2.45, 2.75) is 424 Å². The average Bonchev–Trinajstić information content (AvgIpc) is 3.41. The number of aliphatic hydroxyl groups excluding tert-OH is 1. The van der Waals surface area contributed by atoms with Gasteiger partial charge in [0.05, 0.1) is 6.61 Å². The largest absolute Gasteiger partial charge is 0.462 e. The zero-order chi connectivity index (χ0) is 54.1. The normalized spacial score (nSPS) is 12.0. The monoisotopic (exact) mass is 1060 g/mol. The van der Waals surface area contributed by atoms with Crippen LogP contribution in [0.3, 0.4) is 0 Å². The van der Waals surface area contributed by atoms with Crippen LogP contribution in [0.5, 0.6) is 0 Å². The summed E-state index contributed by atoms with van der Waals surface area (Å²) >= 11 is 0. The first-order chi connectivity index (χ1) is 37.1. The Kier molecular flexibility index (Phi) is 66.2. The second-order valence-corrected chi connectivity index (χ2v) is 24.3. The molecule has 1 N–H and O–H groups in total. The molecule has 0 fully saturated rings. The van der Waals surface area contributed by atoms with Crippen LogP contribution in [0.1, 0.15) is 418 Å². The maximum Gasteiger partial charge on any atom is 0.306 e. The maximum absolute atomic E-state index is 12.4. The molecule has 0 heterocycles. The Morgan fingerprint density at radius 3 is 0.587 bits per heavy atom. The topological polar surface area (TPSA) is 72.8 Å². The molecule has 5 nitrogen and oxygen atoms in total. The summed E-state index contributed by atoms with van der Waals surface area (Å²) in [7, 11) is 0. The van der Waals surface area contributed by atoms with Gasteiger partial charge in [-0.05, 0) is 12.8 Å². The summed E-state index contributed by atoms with van der Waals surface area (Å²) in [6.45, 7) is 4.23. The third-order valence-electron chi connectivity index (χ3n) is 16.7. The molecule has 75 heavy (non-hydrogen) atoms. The molecule has 1 unspecified atom stereocenters. The Hall–Kier alpha value is -1.10. The van der Waals surface area contributed by atoms with Gasteiger partial charge in [-0.3, -0.25) is 9.59 Å². The highest BCUT2D eigenvalue weighted by Gasteiger charge is 2.16. The minimum Gasteiger partial charge on any atom is -0.462 e. The molecule has 0 radical (unpaired) electrons. The van der Waals surface area contributed by atoms with E-state index in [9.17, 15) is 14.7 Å². The lowest BCUT2D eigenvalue weighted by molar-refractivity contribution is -0.161. The van der Waals surface area contributed by atoms with E-state index < -0.39 is 6.10 Å². The van der Waals surface area contributed by atoms with E-state index in [-0.39, 0.29) is 25.2 Å². The minimum absolute atomic E-state index is 0.0554. The van der Waals surface area contributed by atoms with Crippen LogP contribution >= 0.6 is 0 Å². The molecule has 0 aliphatic heterocycles. The van der Waals surface area contributed by atoms with Crippen molar-refractivity contribution in [2.75, 3.05) is 13.2 Å². The van der Waals surface area contributed by atoms with Crippen LogP contribution in [-0.4, -0.2) is 36.4 Å². The SMILES string of the molecule is CCCCCCCCCCCCCCCCCCCCCCCCCCCCCCCCCCCCCCCC(=O)OC(CO)COC(=O)CCCCCCCCCCCCCCCCCCCCCCCCCC. The Labute approximate surface area is 471 Å². The van der Waals surface area contributed by atoms with Gasteiger partial charge in [-0.1, -0.05) is 393 Å². The maximum atomic E-state index is 12.4. The Balaban J connectivity index is 3.34. The van der Waals surface area contributed by atoms with Crippen molar-refractivity contribution in [3.63, 3.8) is 0 Å². The van der Waals surface area contributed by atoms with Crippen LogP contribution in [0.2, 0.25) is 0 Å². The highest BCUT2D eigenvalue weighted by atomic mass is 16.6. The van der Waals surface area contributed by atoms with Crippen LogP contribution in [0.25, 0.3) is 0 Å². The van der Waals surface area contributed by atoms with E-state index in [2.05, 4.69) is 13.8 Å². The molecule has 1 atom stereocenters. The molecule has 0 spiro atoms. The second-order valence-electron chi connectivity index (χ2n) is 24.3. The molecule has 0 aliphatic carbocycles. The first-order valence-electron chi connectivity index (χ1n) is 35.1. The lowest BCUT2D eigenvalue weighted by Gasteiger charge is -2.15. The molecule has 0 aliphatic rings. The quantitative estimate of drug-likeness (QED) is 0.0485.